The summed E-state index contributed by atoms with van der Waals surface area (Å²) in [4.78, 5) is 1.36. The minimum absolute atomic E-state index is 0.0403. The lowest BCUT2D eigenvalue weighted by Crippen LogP contribution is -2.54. The average molecular weight is 308 g/mol. The molecule has 1 aromatic carbocycles. The molecule has 0 aromatic heterocycles. The highest BCUT2D eigenvalue weighted by Crippen LogP contribution is 2.39. The van der Waals surface area contributed by atoms with E-state index in [1.165, 1.54) is 29.7 Å². The quantitative estimate of drug-likeness (QED) is 0.747. The Kier molecular flexibility index (Phi) is 6.15. The number of nitrogens with one attached hydrogen (secondary N) is 1. The fraction of sp³-hybridized carbons (Fsp3) is 0.667. The molecule has 118 valence electrons. The number of hydrogen-bond acceptors (Lipinski definition) is 3. The van der Waals surface area contributed by atoms with E-state index in [1.54, 1.807) is 0 Å². The number of thioether (sulfide) groups is 1. The van der Waals surface area contributed by atoms with Crippen LogP contribution in [0.3, 0.4) is 0 Å². The number of aliphatic hydroxyl groups is 1. The maximum Gasteiger partial charge on any atom is 0.0616 e. The fourth-order valence-electron chi connectivity index (χ4n) is 3.61. The molecule has 1 aromatic rings. The molecule has 1 aliphatic rings. The third-order valence-electron chi connectivity index (χ3n) is 4.54. The standard InChI is InChI=1S/C18H29NOS/c1-14(2)19-18(13-20)10-5-7-16(18)9-11-21-17-8-4-6-15(3)12-17/h4,6,8,12,14,16,19-20H,5,7,9-11,13H2,1-3H3. The van der Waals surface area contributed by atoms with Gasteiger partial charge in [-0.1, -0.05) is 38.0 Å². The van der Waals surface area contributed by atoms with Crippen LogP contribution in [0.25, 0.3) is 0 Å². The lowest BCUT2D eigenvalue weighted by Gasteiger charge is -2.37. The molecule has 1 fully saturated rings. The largest absolute Gasteiger partial charge is 0.394 e. The van der Waals surface area contributed by atoms with Crippen molar-refractivity contribution in [2.24, 2.45) is 5.92 Å². The minimum Gasteiger partial charge on any atom is -0.394 e. The minimum atomic E-state index is -0.0403. The SMILES string of the molecule is Cc1cccc(SCCC2CCCC2(CO)NC(C)C)c1. The molecule has 3 heteroatoms. The van der Waals surface area contributed by atoms with Crippen LogP contribution < -0.4 is 5.32 Å². The predicted octanol–water partition coefficient (Wildman–Crippen LogP) is 4.01. The number of aryl methyl sites for hydroxylation is 1. The van der Waals surface area contributed by atoms with Crippen molar-refractivity contribution in [3.63, 3.8) is 0 Å². The Morgan fingerprint density at radius 3 is 2.90 bits per heavy atom. The lowest BCUT2D eigenvalue weighted by molar-refractivity contribution is 0.113. The zero-order valence-corrected chi connectivity index (χ0v) is 14.4. The van der Waals surface area contributed by atoms with E-state index in [0.717, 1.165) is 12.2 Å². The molecule has 2 unspecified atom stereocenters. The van der Waals surface area contributed by atoms with Crippen molar-refractivity contribution in [1.29, 1.82) is 0 Å². The highest BCUT2D eigenvalue weighted by atomic mass is 32.2. The Morgan fingerprint density at radius 2 is 2.24 bits per heavy atom. The smallest absolute Gasteiger partial charge is 0.0616 e. The Labute approximate surface area is 133 Å². The van der Waals surface area contributed by atoms with E-state index in [9.17, 15) is 5.11 Å². The Balaban J connectivity index is 1.89. The molecule has 2 N–H and O–H groups in total. The summed E-state index contributed by atoms with van der Waals surface area (Å²) in [5, 5.41) is 13.6. The number of hydrogen-bond donors (Lipinski definition) is 2. The van der Waals surface area contributed by atoms with Crippen LogP contribution in [0.2, 0.25) is 0 Å². The monoisotopic (exact) mass is 307 g/mol. The zero-order valence-electron chi connectivity index (χ0n) is 13.6. The summed E-state index contributed by atoms with van der Waals surface area (Å²) < 4.78 is 0. The van der Waals surface area contributed by atoms with Gasteiger partial charge in [0.2, 0.25) is 0 Å². The van der Waals surface area contributed by atoms with Crippen LogP contribution in [0.15, 0.2) is 29.2 Å². The predicted molar refractivity (Wildman–Crippen MR) is 91.9 cm³/mol. The van der Waals surface area contributed by atoms with Gasteiger partial charge in [0.1, 0.15) is 0 Å². The van der Waals surface area contributed by atoms with Crippen molar-refractivity contribution in [3.05, 3.63) is 29.8 Å². The fourth-order valence-corrected chi connectivity index (χ4v) is 4.69. The van der Waals surface area contributed by atoms with Gasteiger partial charge in [-0.15, -0.1) is 11.8 Å². The summed E-state index contributed by atoms with van der Waals surface area (Å²) in [6.45, 7) is 6.76. The van der Waals surface area contributed by atoms with Gasteiger partial charge in [0.05, 0.1) is 6.61 Å². The molecule has 0 spiro atoms. The van der Waals surface area contributed by atoms with Gasteiger partial charge in [0, 0.05) is 16.5 Å². The van der Waals surface area contributed by atoms with Gasteiger partial charge in [0.15, 0.2) is 0 Å². The van der Waals surface area contributed by atoms with Crippen LogP contribution >= 0.6 is 11.8 Å². The molecule has 1 saturated carbocycles. The molecule has 2 rings (SSSR count). The van der Waals surface area contributed by atoms with Crippen molar-refractivity contribution >= 4 is 11.8 Å². The van der Waals surface area contributed by atoms with Gasteiger partial charge in [0.25, 0.3) is 0 Å². The van der Waals surface area contributed by atoms with Crippen LogP contribution in [-0.4, -0.2) is 29.0 Å². The summed E-state index contributed by atoms with van der Waals surface area (Å²) in [6, 6.07) is 9.15. The zero-order chi connectivity index (χ0) is 15.3. The van der Waals surface area contributed by atoms with E-state index in [1.807, 2.05) is 11.8 Å². The van der Waals surface area contributed by atoms with Crippen molar-refractivity contribution < 1.29 is 5.11 Å². The van der Waals surface area contributed by atoms with Gasteiger partial charge in [-0.2, -0.15) is 0 Å². The maximum absolute atomic E-state index is 9.92. The molecule has 0 heterocycles. The third kappa shape index (κ3) is 4.48. The van der Waals surface area contributed by atoms with Crippen molar-refractivity contribution in [2.75, 3.05) is 12.4 Å². The van der Waals surface area contributed by atoms with E-state index < -0.39 is 0 Å². The topological polar surface area (TPSA) is 32.3 Å². The van der Waals surface area contributed by atoms with Gasteiger partial charge in [-0.25, -0.2) is 0 Å². The molecule has 0 amide bonds. The highest BCUT2D eigenvalue weighted by Gasteiger charge is 2.41. The first kappa shape index (κ1) is 16.9. The number of benzene rings is 1. The summed E-state index contributed by atoms with van der Waals surface area (Å²) in [5.41, 5.74) is 1.29. The Morgan fingerprint density at radius 1 is 1.43 bits per heavy atom. The Bertz CT molecular complexity index is 449. The summed E-state index contributed by atoms with van der Waals surface area (Å²) in [5.74, 6) is 1.73. The molecule has 0 radical (unpaired) electrons. The molecule has 0 aliphatic heterocycles. The van der Waals surface area contributed by atoms with Crippen molar-refractivity contribution in [2.45, 2.75) is 62.9 Å². The van der Waals surface area contributed by atoms with Gasteiger partial charge < -0.3 is 10.4 Å². The second-order valence-electron chi connectivity index (χ2n) is 6.66. The highest BCUT2D eigenvalue weighted by molar-refractivity contribution is 7.99. The van der Waals surface area contributed by atoms with E-state index >= 15 is 0 Å². The summed E-state index contributed by atoms with van der Waals surface area (Å²) >= 11 is 1.94. The van der Waals surface area contributed by atoms with Gasteiger partial charge >= 0.3 is 0 Å². The van der Waals surface area contributed by atoms with Gasteiger partial charge in [-0.05, 0) is 50.0 Å². The normalized spacial score (nSPS) is 25.7. The van der Waals surface area contributed by atoms with Crippen molar-refractivity contribution in [1.82, 2.24) is 5.32 Å². The molecule has 0 bridgehead atoms. The molecule has 21 heavy (non-hydrogen) atoms. The molecule has 1 aliphatic carbocycles. The van der Waals surface area contributed by atoms with Crippen LogP contribution in [-0.2, 0) is 0 Å². The second kappa shape index (κ2) is 7.66. The van der Waals surface area contributed by atoms with Crippen LogP contribution in [0.1, 0.15) is 45.1 Å². The first-order valence-corrected chi connectivity index (χ1v) is 9.12. The average Bonchev–Trinajstić information content (AvgIpc) is 2.82. The van der Waals surface area contributed by atoms with E-state index in [-0.39, 0.29) is 12.1 Å². The first-order chi connectivity index (χ1) is 10.1. The molecule has 0 saturated heterocycles. The first-order valence-electron chi connectivity index (χ1n) is 8.14. The van der Waals surface area contributed by atoms with Gasteiger partial charge in [-0.3, -0.25) is 0 Å². The molecule has 2 atom stereocenters. The third-order valence-corrected chi connectivity index (χ3v) is 5.57. The molecular weight excluding hydrogens is 278 g/mol. The van der Waals surface area contributed by atoms with Crippen LogP contribution in [0.5, 0.6) is 0 Å². The van der Waals surface area contributed by atoms with E-state index in [4.69, 9.17) is 0 Å². The second-order valence-corrected chi connectivity index (χ2v) is 7.82. The summed E-state index contributed by atoms with van der Waals surface area (Å²) in [6.07, 6.45) is 4.77. The number of aliphatic hydroxyl groups excluding tert-OH is 1. The van der Waals surface area contributed by atoms with Crippen LogP contribution in [0.4, 0.5) is 0 Å². The molecular formula is C18H29NOS. The Hall–Kier alpha value is -0.510. The lowest BCUT2D eigenvalue weighted by atomic mass is 9.85. The van der Waals surface area contributed by atoms with Crippen molar-refractivity contribution in [3.8, 4) is 0 Å². The summed E-state index contributed by atoms with van der Waals surface area (Å²) in [7, 11) is 0. The van der Waals surface area contributed by atoms with E-state index in [0.29, 0.717) is 12.0 Å². The van der Waals surface area contributed by atoms with Crippen LogP contribution in [0, 0.1) is 12.8 Å². The molecule has 2 nitrogen and oxygen atoms in total. The number of rotatable bonds is 7. The maximum atomic E-state index is 9.92. The van der Waals surface area contributed by atoms with E-state index in [2.05, 4.69) is 50.4 Å².